The molecular formula is C14H21N3O3S. The summed E-state index contributed by atoms with van der Waals surface area (Å²) in [5.74, 6) is -0.139. The summed E-state index contributed by atoms with van der Waals surface area (Å²) < 4.78 is 22.9. The summed E-state index contributed by atoms with van der Waals surface area (Å²) in [5.41, 5.74) is 1.08. The van der Waals surface area contributed by atoms with Gasteiger partial charge in [-0.25, -0.2) is 13.6 Å². The van der Waals surface area contributed by atoms with Crippen molar-refractivity contribution in [2.24, 2.45) is 5.14 Å². The zero-order chi connectivity index (χ0) is 15.6. The highest BCUT2D eigenvalue weighted by Gasteiger charge is 2.22. The second-order valence-corrected chi connectivity index (χ2v) is 6.87. The fraction of sp³-hybridized carbons (Fsp3) is 0.500. The number of benzene rings is 1. The van der Waals surface area contributed by atoms with Gasteiger partial charge in [0, 0.05) is 31.7 Å². The molecule has 1 aliphatic heterocycles. The van der Waals surface area contributed by atoms with Crippen molar-refractivity contribution in [3.8, 4) is 0 Å². The Balaban J connectivity index is 2.22. The molecular weight excluding hydrogens is 290 g/mol. The minimum absolute atomic E-state index is 0.0157. The molecule has 1 aromatic carbocycles. The maximum atomic E-state index is 12.5. The first kappa shape index (κ1) is 15.9. The number of hydrogen-bond donors (Lipinski definition) is 1. The summed E-state index contributed by atoms with van der Waals surface area (Å²) in [6, 6.07) is 4.53. The molecule has 1 aromatic rings. The molecule has 0 radical (unpaired) electrons. The van der Waals surface area contributed by atoms with Crippen LogP contribution in [0.1, 0.15) is 22.8 Å². The molecule has 0 bridgehead atoms. The van der Waals surface area contributed by atoms with E-state index in [9.17, 15) is 13.2 Å². The van der Waals surface area contributed by atoms with E-state index in [0.29, 0.717) is 24.2 Å². The predicted molar refractivity (Wildman–Crippen MR) is 80.6 cm³/mol. The lowest BCUT2D eigenvalue weighted by Crippen LogP contribution is -2.48. The lowest BCUT2D eigenvalue weighted by molar-refractivity contribution is 0.0643. The fourth-order valence-corrected chi connectivity index (χ4v) is 3.13. The largest absolute Gasteiger partial charge is 0.336 e. The van der Waals surface area contributed by atoms with Crippen LogP contribution >= 0.6 is 0 Å². The van der Waals surface area contributed by atoms with Gasteiger partial charge in [-0.05, 0) is 37.2 Å². The van der Waals surface area contributed by atoms with E-state index in [-0.39, 0.29) is 10.8 Å². The Morgan fingerprint density at radius 3 is 2.33 bits per heavy atom. The molecule has 0 saturated carbocycles. The van der Waals surface area contributed by atoms with Crippen LogP contribution in [0.5, 0.6) is 0 Å². The number of amides is 1. The summed E-state index contributed by atoms with van der Waals surface area (Å²) in [6.45, 7) is 7.82. The van der Waals surface area contributed by atoms with E-state index in [1.54, 1.807) is 17.9 Å². The number of carbonyl (C=O) groups excluding carboxylic acids is 1. The Hall–Kier alpha value is -1.44. The van der Waals surface area contributed by atoms with Crippen molar-refractivity contribution >= 4 is 15.9 Å². The van der Waals surface area contributed by atoms with Gasteiger partial charge in [0.15, 0.2) is 0 Å². The van der Waals surface area contributed by atoms with Crippen LogP contribution in [0.15, 0.2) is 23.1 Å². The van der Waals surface area contributed by atoms with Crippen LogP contribution in [-0.2, 0) is 10.0 Å². The highest BCUT2D eigenvalue weighted by molar-refractivity contribution is 7.89. The van der Waals surface area contributed by atoms with Crippen LogP contribution in [0, 0.1) is 6.92 Å². The average molecular weight is 311 g/mol. The van der Waals surface area contributed by atoms with Gasteiger partial charge in [0.05, 0.1) is 4.90 Å². The number of sulfonamides is 1. The molecule has 2 N–H and O–H groups in total. The van der Waals surface area contributed by atoms with Gasteiger partial charge in [0.25, 0.3) is 5.91 Å². The number of hydrogen-bond acceptors (Lipinski definition) is 4. The SMILES string of the molecule is CCN1CCN(C(=O)c2cc(C)cc(S(N)(=O)=O)c2)CC1. The number of carbonyl (C=O) groups is 1. The molecule has 7 heteroatoms. The number of nitrogens with two attached hydrogens (primary N) is 1. The number of nitrogens with zero attached hydrogens (tertiary/aromatic N) is 2. The topological polar surface area (TPSA) is 83.7 Å². The van der Waals surface area contributed by atoms with Crippen molar-refractivity contribution in [1.29, 1.82) is 0 Å². The van der Waals surface area contributed by atoms with Gasteiger partial charge in [-0.2, -0.15) is 0 Å². The first-order valence-corrected chi connectivity index (χ1v) is 8.52. The number of rotatable bonds is 3. The second kappa shape index (κ2) is 6.13. The van der Waals surface area contributed by atoms with Crippen molar-refractivity contribution in [1.82, 2.24) is 9.80 Å². The summed E-state index contributed by atoms with van der Waals surface area (Å²) in [4.78, 5) is 16.5. The van der Waals surface area contributed by atoms with Gasteiger partial charge in [-0.1, -0.05) is 6.92 Å². The Morgan fingerprint density at radius 1 is 1.19 bits per heavy atom. The quantitative estimate of drug-likeness (QED) is 0.877. The van der Waals surface area contributed by atoms with Gasteiger partial charge in [-0.15, -0.1) is 0 Å². The van der Waals surface area contributed by atoms with Crippen molar-refractivity contribution in [2.75, 3.05) is 32.7 Å². The van der Waals surface area contributed by atoms with E-state index in [0.717, 1.165) is 19.6 Å². The molecule has 1 heterocycles. The summed E-state index contributed by atoms with van der Waals surface area (Å²) in [7, 11) is -3.80. The maximum Gasteiger partial charge on any atom is 0.253 e. The molecule has 0 atom stereocenters. The summed E-state index contributed by atoms with van der Waals surface area (Å²) >= 11 is 0. The highest BCUT2D eigenvalue weighted by Crippen LogP contribution is 2.16. The van der Waals surface area contributed by atoms with E-state index in [1.807, 2.05) is 0 Å². The van der Waals surface area contributed by atoms with Crippen molar-refractivity contribution in [2.45, 2.75) is 18.7 Å². The maximum absolute atomic E-state index is 12.5. The van der Waals surface area contributed by atoms with Gasteiger partial charge in [-0.3, -0.25) is 4.79 Å². The summed E-state index contributed by atoms with van der Waals surface area (Å²) in [5, 5.41) is 5.15. The first-order chi connectivity index (χ1) is 9.81. The van der Waals surface area contributed by atoms with E-state index < -0.39 is 10.0 Å². The number of aryl methyl sites for hydroxylation is 1. The minimum Gasteiger partial charge on any atom is -0.336 e. The van der Waals surface area contributed by atoms with Gasteiger partial charge < -0.3 is 9.80 Å². The van der Waals surface area contributed by atoms with Crippen LogP contribution in [0.2, 0.25) is 0 Å². The van der Waals surface area contributed by atoms with E-state index >= 15 is 0 Å². The van der Waals surface area contributed by atoms with E-state index in [2.05, 4.69) is 11.8 Å². The zero-order valence-corrected chi connectivity index (χ0v) is 13.2. The van der Waals surface area contributed by atoms with Crippen LogP contribution in [0.25, 0.3) is 0 Å². The van der Waals surface area contributed by atoms with Crippen molar-refractivity contribution < 1.29 is 13.2 Å². The van der Waals surface area contributed by atoms with Crippen LogP contribution < -0.4 is 5.14 Å². The third-order valence-electron chi connectivity index (χ3n) is 3.73. The molecule has 2 rings (SSSR count). The van der Waals surface area contributed by atoms with Crippen LogP contribution in [0.4, 0.5) is 0 Å². The van der Waals surface area contributed by atoms with Gasteiger partial charge in [0.2, 0.25) is 10.0 Å². The zero-order valence-electron chi connectivity index (χ0n) is 12.4. The molecule has 116 valence electrons. The summed E-state index contributed by atoms with van der Waals surface area (Å²) in [6.07, 6.45) is 0. The molecule has 0 spiro atoms. The molecule has 1 amide bonds. The Bertz CT molecular complexity index is 635. The van der Waals surface area contributed by atoms with Crippen LogP contribution in [-0.4, -0.2) is 56.8 Å². The third-order valence-corrected chi connectivity index (χ3v) is 4.63. The molecule has 6 nitrogen and oxygen atoms in total. The molecule has 1 aliphatic rings. The van der Waals surface area contributed by atoms with E-state index in [4.69, 9.17) is 5.14 Å². The number of likely N-dealkylation sites (N-methyl/N-ethyl adjacent to an activating group) is 1. The number of piperazine rings is 1. The lowest BCUT2D eigenvalue weighted by Gasteiger charge is -2.34. The third kappa shape index (κ3) is 3.81. The molecule has 0 aliphatic carbocycles. The van der Waals surface area contributed by atoms with Crippen molar-refractivity contribution in [3.63, 3.8) is 0 Å². The highest BCUT2D eigenvalue weighted by atomic mass is 32.2. The van der Waals surface area contributed by atoms with Crippen molar-refractivity contribution in [3.05, 3.63) is 29.3 Å². The lowest BCUT2D eigenvalue weighted by atomic mass is 10.1. The normalized spacial score (nSPS) is 17.0. The Labute approximate surface area is 125 Å². The molecule has 1 saturated heterocycles. The van der Waals surface area contributed by atoms with E-state index in [1.165, 1.54) is 12.1 Å². The smallest absolute Gasteiger partial charge is 0.253 e. The Morgan fingerprint density at radius 2 is 1.81 bits per heavy atom. The molecule has 1 fully saturated rings. The average Bonchev–Trinajstić information content (AvgIpc) is 2.45. The first-order valence-electron chi connectivity index (χ1n) is 6.97. The Kier molecular flexibility index (Phi) is 4.65. The van der Waals surface area contributed by atoms with Gasteiger partial charge >= 0.3 is 0 Å². The van der Waals surface area contributed by atoms with Gasteiger partial charge in [0.1, 0.15) is 0 Å². The fourth-order valence-electron chi connectivity index (χ4n) is 2.49. The molecule has 21 heavy (non-hydrogen) atoms. The molecule has 0 aromatic heterocycles. The molecule has 0 unspecified atom stereocenters. The second-order valence-electron chi connectivity index (χ2n) is 5.31. The monoisotopic (exact) mass is 311 g/mol. The standard InChI is InChI=1S/C14H21N3O3S/c1-3-16-4-6-17(7-5-16)14(18)12-8-11(2)9-13(10-12)21(15,19)20/h8-10H,3-7H2,1-2H3,(H2,15,19,20). The number of primary sulfonamides is 1. The van der Waals surface area contributed by atoms with Crippen LogP contribution in [0.3, 0.4) is 0 Å². The minimum atomic E-state index is -3.80. The predicted octanol–water partition coefficient (Wildman–Crippen LogP) is 0.420.